The van der Waals surface area contributed by atoms with Crippen molar-refractivity contribution >= 4 is 17.4 Å². The van der Waals surface area contributed by atoms with Gasteiger partial charge in [0.25, 0.3) is 0 Å². The monoisotopic (exact) mass is 221 g/mol. The Morgan fingerprint density at radius 1 is 1.53 bits per heavy atom. The molecule has 0 aliphatic carbocycles. The first kappa shape index (κ1) is 12.2. The van der Waals surface area contributed by atoms with Crippen molar-refractivity contribution in [3.63, 3.8) is 0 Å². The van der Waals surface area contributed by atoms with E-state index in [-0.39, 0.29) is 0 Å². The van der Waals surface area contributed by atoms with Gasteiger partial charge in [-0.05, 0) is 44.2 Å². The molecule has 0 radical (unpaired) electrons. The number of allylic oxidation sites excluding steroid dienone is 1. The summed E-state index contributed by atoms with van der Waals surface area (Å²) in [4.78, 5) is 1.30. The van der Waals surface area contributed by atoms with E-state index in [1.165, 1.54) is 10.6 Å². The topological polar surface area (TPSA) is 12.0 Å². The lowest BCUT2D eigenvalue weighted by molar-refractivity contribution is 0.719. The predicted molar refractivity (Wildman–Crippen MR) is 70.7 cm³/mol. The summed E-state index contributed by atoms with van der Waals surface area (Å²) >= 11 is 1.77. The Morgan fingerprint density at radius 2 is 2.33 bits per heavy atom. The molecule has 1 rings (SSSR count). The summed E-state index contributed by atoms with van der Waals surface area (Å²) in [6.07, 6.45) is 6.26. The maximum absolute atomic E-state index is 3.74. The zero-order valence-electron chi connectivity index (χ0n) is 9.49. The molecule has 15 heavy (non-hydrogen) atoms. The third-order valence-electron chi connectivity index (χ3n) is 2.29. The first-order valence-electron chi connectivity index (χ1n) is 5.27. The number of rotatable bonds is 6. The summed E-state index contributed by atoms with van der Waals surface area (Å²) in [7, 11) is 0. The number of nitrogens with one attached hydrogen (secondary N) is 1. The first-order valence-corrected chi connectivity index (χ1v) is 6.50. The highest BCUT2D eigenvalue weighted by molar-refractivity contribution is 7.98. The van der Waals surface area contributed by atoms with Gasteiger partial charge in [0.05, 0.1) is 0 Å². The molecule has 2 heteroatoms. The minimum absolute atomic E-state index is 0.500. The Labute approximate surface area is 97.0 Å². The Morgan fingerprint density at radius 3 is 3.00 bits per heavy atom. The normalized spacial score (nSPS) is 12.1. The smallest absolute Gasteiger partial charge is 0.0353 e. The van der Waals surface area contributed by atoms with E-state index in [2.05, 4.69) is 49.3 Å². The zero-order chi connectivity index (χ0) is 11.1. The molecule has 0 aliphatic heterocycles. The number of benzene rings is 1. The fourth-order valence-electron chi connectivity index (χ4n) is 1.44. The average Bonchev–Trinajstić information content (AvgIpc) is 2.26. The standard InChI is InChI=1S/C13H19NS/c1-4-5-7-11(2)14-12-8-6-9-13(10-12)15-3/h4,6,8-11,14H,1,5,7H2,2-3H3. The largest absolute Gasteiger partial charge is 0.383 e. The maximum atomic E-state index is 3.74. The van der Waals surface area contributed by atoms with Gasteiger partial charge in [-0.15, -0.1) is 18.3 Å². The van der Waals surface area contributed by atoms with Gasteiger partial charge >= 0.3 is 0 Å². The fourth-order valence-corrected chi connectivity index (χ4v) is 1.90. The van der Waals surface area contributed by atoms with E-state index in [4.69, 9.17) is 0 Å². The number of hydrogen-bond acceptors (Lipinski definition) is 2. The van der Waals surface area contributed by atoms with E-state index < -0.39 is 0 Å². The van der Waals surface area contributed by atoms with Gasteiger partial charge in [0, 0.05) is 16.6 Å². The molecule has 1 nitrogen and oxygen atoms in total. The highest BCUT2D eigenvalue weighted by Gasteiger charge is 2.00. The van der Waals surface area contributed by atoms with Gasteiger partial charge in [-0.25, -0.2) is 0 Å². The molecular weight excluding hydrogens is 202 g/mol. The molecule has 0 saturated carbocycles. The summed E-state index contributed by atoms with van der Waals surface area (Å²) in [5.41, 5.74) is 1.21. The first-order chi connectivity index (χ1) is 7.26. The molecule has 0 fully saturated rings. The van der Waals surface area contributed by atoms with Gasteiger partial charge < -0.3 is 5.32 Å². The number of hydrogen-bond donors (Lipinski definition) is 1. The second kappa shape index (κ2) is 6.57. The molecule has 0 heterocycles. The van der Waals surface area contributed by atoms with Crippen molar-refractivity contribution in [3.8, 4) is 0 Å². The van der Waals surface area contributed by atoms with Crippen LogP contribution in [-0.4, -0.2) is 12.3 Å². The van der Waals surface area contributed by atoms with Crippen LogP contribution in [0.15, 0.2) is 41.8 Å². The van der Waals surface area contributed by atoms with E-state index in [9.17, 15) is 0 Å². The van der Waals surface area contributed by atoms with Gasteiger partial charge in [-0.1, -0.05) is 12.1 Å². The fraction of sp³-hybridized carbons (Fsp3) is 0.385. The quantitative estimate of drug-likeness (QED) is 0.571. The molecule has 0 bridgehead atoms. The third kappa shape index (κ3) is 4.43. The van der Waals surface area contributed by atoms with Crippen molar-refractivity contribution in [1.82, 2.24) is 0 Å². The summed E-state index contributed by atoms with van der Waals surface area (Å²) < 4.78 is 0. The van der Waals surface area contributed by atoms with Gasteiger partial charge in [-0.3, -0.25) is 0 Å². The van der Waals surface area contributed by atoms with Crippen LogP contribution >= 0.6 is 11.8 Å². The lowest BCUT2D eigenvalue weighted by Gasteiger charge is -2.14. The van der Waals surface area contributed by atoms with Gasteiger partial charge in [0.15, 0.2) is 0 Å². The molecule has 0 saturated heterocycles. The maximum Gasteiger partial charge on any atom is 0.0353 e. The molecule has 1 atom stereocenters. The van der Waals surface area contributed by atoms with Crippen LogP contribution < -0.4 is 5.32 Å². The van der Waals surface area contributed by atoms with Crippen LogP contribution in [0.3, 0.4) is 0 Å². The van der Waals surface area contributed by atoms with Crippen molar-refractivity contribution in [2.75, 3.05) is 11.6 Å². The van der Waals surface area contributed by atoms with E-state index in [1.807, 2.05) is 6.08 Å². The van der Waals surface area contributed by atoms with Crippen molar-refractivity contribution < 1.29 is 0 Å². The van der Waals surface area contributed by atoms with Crippen LogP contribution in [0.25, 0.3) is 0 Å². The molecule has 82 valence electrons. The molecule has 0 aromatic heterocycles. The summed E-state index contributed by atoms with van der Waals surface area (Å²) in [6.45, 7) is 5.94. The number of anilines is 1. The van der Waals surface area contributed by atoms with Crippen LogP contribution in [0.4, 0.5) is 5.69 Å². The summed E-state index contributed by atoms with van der Waals surface area (Å²) in [6, 6.07) is 9.03. The van der Waals surface area contributed by atoms with E-state index >= 15 is 0 Å². The van der Waals surface area contributed by atoms with Crippen LogP contribution in [0, 0.1) is 0 Å². The van der Waals surface area contributed by atoms with Crippen LogP contribution in [0.1, 0.15) is 19.8 Å². The Kier molecular flexibility index (Phi) is 5.33. The molecule has 1 N–H and O–H groups in total. The predicted octanol–water partition coefficient (Wildman–Crippen LogP) is 4.18. The van der Waals surface area contributed by atoms with Gasteiger partial charge in [0.1, 0.15) is 0 Å². The molecule has 0 spiro atoms. The average molecular weight is 221 g/mol. The number of thioether (sulfide) groups is 1. The lowest BCUT2D eigenvalue weighted by atomic mass is 10.1. The van der Waals surface area contributed by atoms with Crippen molar-refractivity contribution in [1.29, 1.82) is 0 Å². The molecule has 1 aromatic carbocycles. The van der Waals surface area contributed by atoms with Crippen molar-refractivity contribution in [2.24, 2.45) is 0 Å². The Hall–Kier alpha value is -0.890. The van der Waals surface area contributed by atoms with Crippen molar-refractivity contribution in [3.05, 3.63) is 36.9 Å². The van der Waals surface area contributed by atoms with Crippen LogP contribution in [0.2, 0.25) is 0 Å². The highest BCUT2D eigenvalue weighted by atomic mass is 32.2. The van der Waals surface area contributed by atoms with Crippen LogP contribution in [-0.2, 0) is 0 Å². The highest BCUT2D eigenvalue weighted by Crippen LogP contribution is 2.19. The molecule has 0 amide bonds. The summed E-state index contributed by atoms with van der Waals surface area (Å²) in [5, 5.41) is 3.49. The Bertz CT molecular complexity index is 309. The minimum Gasteiger partial charge on any atom is -0.383 e. The summed E-state index contributed by atoms with van der Waals surface area (Å²) in [5.74, 6) is 0. The van der Waals surface area contributed by atoms with Gasteiger partial charge in [0.2, 0.25) is 0 Å². The third-order valence-corrected chi connectivity index (χ3v) is 3.01. The lowest BCUT2D eigenvalue weighted by Crippen LogP contribution is -2.14. The molecule has 0 aliphatic rings. The van der Waals surface area contributed by atoms with Crippen molar-refractivity contribution in [2.45, 2.75) is 30.7 Å². The zero-order valence-corrected chi connectivity index (χ0v) is 10.3. The molecule has 1 unspecified atom stereocenters. The van der Waals surface area contributed by atoms with E-state index in [0.717, 1.165) is 12.8 Å². The van der Waals surface area contributed by atoms with E-state index in [0.29, 0.717) is 6.04 Å². The van der Waals surface area contributed by atoms with E-state index in [1.54, 1.807) is 11.8 Å². The minimum atomic E-state index is 0.500. The SMILES string of the molecule is C=CCCC(C)Nc1cccc(SC)c1. The molecular formula is C13H19NS. The van der Waals surface area contributed by atoms with Gasteiger partial charge in [-0.2, -0.15) is 0 Å². The molecule has 1 aromatic rings. The second-order valence-electron chi connectivity index (χ2n) is 3.64. The Balaban J connectivity index is 2.51. The second-order valence-corrected chi connectivity index (χ2v) is 4.52. The van der Waals surface area contributed by atoms with Crippen LogP contribution in [0.5, 0.6) is 0 Å².